The van der Waals surface area contributed by atoms with Crippen LogP contribution in [-0.2, 0) is 6.42 Å². The van der Waals surface area contributed by atoms with Gasteiger partial charge in [-0.05, 0) is 45.6 Å². The number of amidine groups is 1. The smallest absolute Gasteiger partial charge is 0.157 e. The normalized spacial score (nSPS) is 23.3. The molecule has 0 amide bonds. The minimum absolute atomic E-state index is 0.0818. The van der Waals surface area contributed by atoms with E-state index in [1.165, 1.54) is 12.0 Å². The van der Waals surface area contributed by atoms with Crippen molar-refractivity contribution in [3.63, 3.8) is 0 Å². The first kappa shape index (κ1) is 15.4. The van der Waals surface area contributed by atoms with Crippen LogP contribution in [0.3, 0.4) is 0 Å². The number of nitrogens with one attached hydrogen (secondary N) is 1. The van der Waals surface area contributed by atoms with E-state index >= 15 is 0 Å². The van der Waals surface area contributed by atoms with Crippen molar-refractivity contribution >= 4 is 16.9 Å². The summed E-state index contributed by atoms with van der Waals surface area (Å²) < 4.78 is 0. The van der Waals surface area contributed by atoms with Crippen LogP contribution in [0.5, 0.6) is 0 Å². The molecule has 0 aliphatic carbocycles. The molecule has 0 fully saturated rings. The van der Waals surface area contributed by atoms with Gasteiger partial charge >= 0.3 is 0 Å². The molecule has 1 aliphatic rings. The van der Waals surface area contributed by atoms with Crippen LogP contribution in [0.4, 0.5) is 0 Å². The highest BCUT2D eigenvalue weighted by Gasteiger charge is 2.24. The standard InChI is InChI=1S/C17H26N2S/c1-13-12-14(2)20-16(18-13)19-17(3,4)11-10-15-8-6-5-7-9-15/h5-9,13-14H,10-12H2,1-4H3,(H,18,19). The van der Waals surface area contributed by atoms with E-state index in [0.29, 0.717) is 11.3 Å². The van der Waals surface area contributed by atoms with Crippen LogP contribution >= 0.6 is 11.8 Å². The Morgan fingerprint density at radius 1 is 1.25 bits per heavy atom. The maximum absolute atomic E-state index is 4.74. The van der Waals surface area contributed by atoms with Crippen LogP contribution in [0.1, 0.15) is 46.1 Å². The van der Waals surface area contributed by atoms with Crippen molar-refractivity contribution in [3.8, 4) is 0 Å². The largest absolute Gasteiger partial charge is 0.360 e. The molecule has 1 aromatic carbocycles. The molecule has 1 N–H and O–H groups in total. The fourth-order valence-corrected chi connectivity index (χ4v) is 3.85. The number of rotatable bonds is 4. The Morgan fingerprint density at radius 2 is 1.95 bits per heavy atom. The average molecular weight is 290 g/mol. The molecule has 110 valence electrons. The molecule has 2 atom stereocenters. The lowest BCUT2D eigenvalue weighted by Gasteiger charge is -2.31. The summed E-state index contributed by atoms with van der Waals surface area (Å²) in [6.45, 7) is 9.02. The first-order valence-corrected chi connectivity index (χ1v) is 8.39. The molecule has 0 aromatic heterocycles. The number of thioether (sulfide) groups is 1. The summed E-state index contributed by atoms with van der Waals surface area (Å²) >= 11 is 1.88. The summed E-state index contributed by atoms with van der Waals surface area (Å²) in [7, 11) is 0. The Balaban J connectivity index is 1.90. The van der Waals surface area contributed by atoms with Crippen LogP contribution in [0, 0.1) is 0 Å². The molecule has 2 unspecified atom stereocenters. The summed E-state index contributed by atoms with van der Waals surface area (Å²) in [6, 6.07) is 11.1. The quantitative estimate of drug-likeness (QED) is 0.896. The van der Waals surface area contributed by atoms with Crippen molar-refractivity contribution in [2.24, 2.45) is 4.99 Å². The summed E-state index contributed by atoms with van der Waals surface area (Å²) in [5, 5.41) is 5.42. The van der Waals surface area contributed by atoms with E-state index < -0.39 is 0 Å². The molecule has 0 saturated carbocycles. The van der Waals surface area contributed by atoms with Crippen molar-refractivity contribution in [3.05, 3.63) is 35.9 Å². The molecule has 2 rings (SSSR count). The second kappa shape index (κ2) is 6.66. The third-order valence-electron chi connectivity index (χ3n) is 3.65. The van der Waals surface area contributed by atoms with Gasteiger partial charge in [0.1, 0.15) is 0 Å². The van der Waals surface area contributed by atoms with Crippen molar-refractivity contribution in [2.75, 3.05) is 0 Å². The zero-order chi connectivity index (χ0) is 14.6. The van der Waals surface area contributed by atoms with Gasteiger partial charge in [-0.2, -0.15) is 0 Å². The SMILES string of the molecule is CC1CC(C)SC(NC(C)(C)CCc2ccccc2)=N1. The van der Waals surface area contributed by atoms with E-state index in [1.807, 2.05) is 11.8 Å². The molecular weight excluding hydrogens is 264 g/mol. The van der Waals surface area contributed by atoms with E-state index in [2.05, 4.69) is 63.3 Å². The van der Waals surface area contributed by atoms with Crippen molar-refractivity contribution < 1.29 is 0 Å². The van der Waals surface area contributed by atoms with Gasteiger partial charge in [0.05, 0.1) is 6.04 Å². The predicted molar refractivity (Wildman–Crippen MR) is 90.5 cm³/mol. The van der Waals surface area contributed by atoms with Crippen molar-refractivity contribution in [2.45, 2.75) is 63.8 Å². The van der Waals surface area contributed by atoms with Gasteiger partial charge in [0.15, 0.2) is 5.17 Å². The minimum atomic E-state index is 0.0818. The molecule has 0 saturated heterocycles. The van der Waals surface area contributed by atoms with Gasteiger partial charge in [-0.25, -0.2) is 0 Å². The van der Waals surface area contributed by atoms with Crippen LogP contribution in [0.2, 0.25) is 0 Å². The van der Waals surface area contributed by atoms with Gasteiger partial charge in [0.25, 0.3) is 0 Å². The molecule has 1 aliphatic heterocycles. The highest BCUT2D eigenvalue weighted by molar-refractivity contribution is 8.14. The second-order valence-electron chi connectivity index (χ2n) is 6.44. The zero-order valence-corrected chi connectivity index (χ0v) is 13.8. The molecule has 20 heavy (non-hydrogen) atoms. The van der Waals surface area contributed by atoms with Crippen LogP contribution in [0.15, 0.2) is 35.3 Å². The van der Waals surface area contributed by atoms with Gasteiger partial charge in [-0.3, -0.25) is 4.99 Å². The van der Waals surface area contributed by atoms with E-state index in [1.54, 1.807) is 0 Å². The minimum Gasteiger partial charge on any atom is -0.360 e. The summed E-state index contributed by atoms with van der Waals surface area (Å²) in [6.07, 6.45) is 3.39. The zero-order valence-electron chi connectivity index (χ0n) is 13.0. The van der Waals surface area contributed by atoms with E-state index in [-0.39, 0.29) is 5.54 Å². The summed E-state index contributed by atoms with van der Waals surface area (Å²) in [4.78, 5) is 4.74. The molecule has 1 heterocycles. The number of nitrogens with zero attached hydrogens (tertiary/aromatic N) is 1. The molecule has 3 heteroatoms. The lowest BCUT2D eigenvalue weighted by Crippen LogP contribution is -2.44. The maximum atomic E-state index is 4.74. The second-order valence-corrected chi connectivity index (χ2v) is 7.87. The number of hydrogen-bond donors (Lipinski definition) is 1. The average Bonchev–Trinajstić information content (AvgIpc) is 2.36. The molecule has 1 aromatic rings. The third-order valence-corrected chi connectivity index (χ3v) is 4.68. The first-order valence-electron chi connectivity index (χ1n) is 7.51. The van der Waals surface area contributed by atoms with Gasteiger partial charge in [0.2, 0.25) is 0 Å². The van der Waals surface area contributed by atoms with E-state index in [4.69, 9.17) is 4.99 Å². The van der Waals surface area contributed by atoms with Crippen LogP contribution < -0.4 is 5.32 Å². The highest BCUT2D eigenvalue weighted by atomic mass is 32.2. The van der Waals surface area contributed by atoms with Crippen molar-refractivity contribution in [1.29, 1.82) is 0 Å². The fourth-order valence-electron chi connectivity index (χ4n) is 2.52. The topological polar surface area (TPSA) is 24.4 Å². The Bertz CT molecular complexity index is 453. The van der Waals surface area contributed by atoms with E-state index in [9.17, 15) is 0 Å². The van der Waals surface area contributed by atoms with Crippen LogP contribution in [-0.4, -0.2) is 22.0 Å². The highest BCUT2D eigenvalue weighted by Crippen LogP contribution is 2.26. The lowest BCUT2D eigenvalue weighted by atomic mass is 9.95. The Morgan fingerprint density at radius 3 is 2.60 bits per heavy atom. The monoisotopic (exact) mass is 290 g/mol. The Labute approximate surface area is 127 Å². The number of aryl methyl sites for hydroxylation is 1. The molecule has 0 spiro atoms. The molecular formula is C17H26N2S. The van der Waals surface area contributed by atoms with Gasteiger partial charge in [-0.15, -0.1) is 0 Å². The third kappa shape index (κ3) is 4.86. The Hall–Kier alpha value is -0.960. The molecule has 0 radical (unpaired) electrons. The molecule has 0 bridgehead atoms. The van der Waals surface area contributed by atoms with Gasteiger partial charge in [-0.1, -0.05) is 49.0 Å². The number of hydrogen-bond acceptors (Lipinski definition) is 3. The molecule has 2 nitrogen and oxygen atoms in total. The fraction of sp³-hybridized carbons (Fsp3) is 0.588. The lowest BCUT2D eigenvalue weighted by molar-refractivity contribution is 0.426. The Kier molecular flexibility index (Phi) is 5.14. The number of benzene rings is 1. The van der Waals surface area contributed by atoms with Gasteiger partial charge in [0, 0.05) is 10.8 Å². The van der Waals surface area contributed by atoms with E-state index in [0.717, 1.165) is 18.0 Å². The first-order chi connectivity index (χ1) is 9.44. The van der Waals surface area contributed by atoms with Crippen molar-refractivity contribution in [1.82, 2.24) is 5.32 Å². The van der Waals surface area contributed by atoms with Gasteiger partial charge < -0.3 is 5.32 Å². The predicted octanol–water partition coefficient (Wildman–Crippen LogP) is 4.26. The summed E-state index contributed by atoms with van der Waals surface area (Å²) in [5.74, 6) is 0. The summed E-state index contributed by atoms with van der Waals surface area (Å²) in [5.41, 5.74) is 1.49. The number of aliphatic imine (C=N–C) groups is 1. The maximum Gasteiger partial charge on any atom is 0.157 e. The van der Waals surface area contributed by atoms with Crippen LogP contribution in [0.25, 0.3) is 0 Å².